The fraction of sp³-hybridized carbons (Fsp3) is 0.538. The highest BCUT2D eigenvalue weighted by Crippen LogP contribution is 2.30. The summed E-state index contributed by atoms with van der Waals surface area (Å²) in [5.41, 5.74) is 7.70. The lowest BCUT2D eigenvalue weighted by Gasteiger charge is -2.29. The van der Waals surface area contributed by atoms with Crippen LogP contribution in [0.1, 0.15) is 18.9 Å². The Kier molecular flexibility index (Phi) is 3.92. The highest BCUT2D eigenvalue weighted by atomic mass is 35.5. The summed E-state index contributed by atoms with van der Waals surface area (Å²) < 4.78 is 5.59. The van der Waals surface area contributed by atoms with Gasteiger partial charge in [-0.05, 0) is 31.0 Å². The number of benzene rings is 1. The van der Waals surface area contributed by atoms with Crippen molar-refractivity contribution in [3.8, 4) is 0 Å². The maximum atomic E-state index is 6.29. The molecule has 94 valence electrons. The molecule has 1 aromatic rings. The number of hydrogen-bond acceptors (Lipinski definition) is 3. The largest absolute Gasteiger partial charge is 0.376 e. The molecule has 1 aliphatic heterocycles. The van der Waals surface area contributed by atoms with E-state index in [1.807, 2.05) is 18.2 Å². The summed E-state index contributed by atoms with van der Waals surface area (Å²) in [6.45, 7) is 3.46. The Hall–Kier alpha value is -0.770. The van der Waals surface area contributed by atoms with Gasteiger partial charge in [-0.25, -0.2) is 0 Å². The maximum absolute atomic E-state index is 6.29. The quantitative estimate of drug-likeness (QED) is 0.900. The van der Waals surface area contributed by atoms with Crippen molar-refractivity contribution < 1.29 is 4.74 Å². The van der Waals surface area contributed by atoms with Crippen molar-refractivity contribution in [1.82, 2.24) is 0 Å². The second-order valence-electron chi connectivity index (χ2n) is 4.53. The second-order valence-corrected chi connectivity index (χ2v) is 4.94. The van der Waals surface area contributed by atoms with Gasteiger partial charge in [0.25, 0.3) is 0 Å². The second kappa shape index (κ2) is 5.25. The van der Waals surface area contributed by atoms with Gasteiger partial charge in [0.2, 0.25) is 0 Å². The van der Waals surface area contributed by atoms with Gasteiger partial charge in [0, 0.05) is 20.2 Å². The zero-order chi connectivity index (χ0) is 12.4. The first-order chi connectivity index (χ1) is 8.13. The van der Waals surface area contributed by atoms with Crippen molar-refractivity contribution >= 4 is 17.3 Å². The first-order valence-corrected chi connectivity index (χ1v) is 6.34. The normalized spacial score (nSPS) is 24.0. The topological polar surface area (TPSA) is 38.5 Å². The fourth-order valence-electron chi connectivity index (χ4n) is 2.37. The smallest absolute Gasteiger partial charge is 0.0750 e. The first-order valence-electron chi connectivity index (χ1n) is 5.96. The van der Waals surface area contributed by atoms with Crippen molar-refractivity contribution in [3.63, 3.8) is 0 Å². The van der Waals surface area contributed by atoms with Crippen LogP contribution in [-0.4, -0.2) is 25.8 Å². The van der Waals surface area contributed by atoms with Crippen molar-refractivity contribution in [2.75, 3.05) is 18.6 Å². The Morgan fingerprint density at radius 3 is 2.82 bits per heavy atom. The average molecular weight is 255 g/mol. The molecule has 2 unspecified atom stereocenters. The number of hydrogen-bond donors (Lipinski definition) is 1. The predicted octanol–water partition coefficient (Wildman–Crippen LogP) is 2.41. The lowest BCUT2D eigenvalue weighted by atomic mass is 10.1. The number of rotatable bonds is 3. The standard InChI is InChI=1S/C13H19ClN2O/c1-9-12(5-6-17-9)16(2)13-4-3-10(8-15)7-11(13)14/h3-4,7,9,12H,5-6,8,15H2,1-2H3. The van der Waals surface area contributed by atoms with Crippen LogP contribution in [0.5, 0.6) is 0 Å². The van der Waals surface area contributed by atoms with E-state index in [4.69, 9.17) is 22.1 Å². The summed E-state index contributed by atoms with van der Waals surface area (Å²) in [5, 5.41) is 0.759. The van der Waals surface area contributed by atoms with E-state index in [1.165, 1.54) is 0 Å². The first kappa shape index (κ1) is 12.7. The van der Waals surface area contributed by atoms with Crippen molar-refractivity contribution in [1.29, 1.82) is 0 Å². The number of nitrogens with two attached hydrogens (primary N) is 1. The zero-order valence-electron chi connectivity index (χ0n) is 10.3. The minimum absolute atomic E-state index is 0.255. The van der Waals surface area contributed by atoms with E-state index in [9.17, 15) is 0 Å². The molecule has 1 aliphatic rings. The summed E-state index contributed by atoms with van der Waals surface area (Å²) in [6.07, 6.45) is 1.30. The molecule has 0 amide bonds. The highest BCUT2D eigenvalue weighted by Gasteiger charge is 2.28. The van der Waals surface area contributed by atoms with Crippen LogP contribution < -0.4 is 10.6 Å². The van der Waals surface area contributed by atoms with Gasteiger partial charge in [-0.3, -0.25) is 0 Å². The number of halogens is 1. The van der Waals surface area contributed by atoms with Gasteiger partial charge in [-0.2, -0.15) is 0 Å². The molecule has 3 nitrogen and oxygen atoms in total. The third-order valence-electron chi connectivity index (χ3n) is 3.46. The lowest BCUT2D eigenvalue weighted by Crippen LogP contribution is -2.36. The van der Waals surface area contributed by atoms with Crippen LogP contribution in [0.2, 0.25) is 5.02 Å². The minimum Gasteiger partial charge on any atom is -0.376 e. The molecule has 2 rings (SSSR count). The number of nitrogens with zero attached hydrogens (tertiary/aromatic N) is 1. The third-order valence-corrected chi connectivity index (χ3v) is 3.76. The lowest BCUT2D eigenvalue weighted by molar-refractivity contribution is 0.118. The van der Waals surface area contributed by atoms with E-state index in [1.54, 1.807) is 0 Å². The van der Waals surface area contributed by atoms with E-state index in [0.717, 1.165) is 29.3 Å². The number of likely N-dealkylation sites (N-methyl/N-ethyl adjacent to an activating group) is 1. The molecule has 0 aliphatic carbocycles. The van der Waals surface area contributed by atoms with Crippen molar-refractivity contribution in [2.24, 2.45) is 5.73 Å². The highest BCUT2D eigenvalue weighted by molar-refractivity contribution is 6.33. The Labute approximate surface area is 107 Å². The van der Waals surface area contributed by atoms with Crippen molar-refractivity contribution in [2.45, 2.75) is 32.0 Å². The van der Waals surface area contributed by atoms with Crippen LogP contribution in [0.4, 0.5) is 5.69 Å². The molecule has 0 spiro atoms. The van der Waals surface area contributed by atoms with Gasteiger partial charge in [0.1, 0.15) is 0 Å². The molecule has 0 aromatic heterocycles. The van der Waals surface area contributed by atoms with Gasteiger partial charge < -0.3 is 15.4 Å². The van der Waals surface area contributed by atoms with Gasteiger partial charge in [-0.1, -0.05) is 17.7 Å². The Balaban J connectivity index is 2.21. The Bertz CT molecular complexity index is 397. The molecule has 2 N–H and O–H groups in total. The zero-order valence-corrected chi connectivity index (χ0v) is 11.1. The molecule has 2 atom stereocenters. The van der Waals surface area contributed by atoms with Gasteiger partial charge in [-0.15, -0.1) is 0 Å². The van der Waals surface area contributed by atoms with E-state index in [-0.39, 0.29) is 6.10 Å². The molecule has 1 saturated heterocycles. The Morgan fingerprint density at radius 1 is 1.53 bits per heavy atom. The van der Waals surface area contributed by atoms with Crippen molar-refractivity contribution in [3.05, 3.63) is 28.8 Å². The maximum Gasteiger partial charge on any atom is 0.0750 e. The summed E-state index contributed by atoms with van der Waals surface area (Å²) in [5.74, 6) is 0. The molecule has 4 heteroatoms. The van der Waals surface area contributed by atoms with Crippen LogP contribution in [0.25, 0.3) is 0 Å². The fourth-order valence-corrected chi connectivity index (χ4v) is 2.71. The van der Waals surface area contributed by atoms with Crippen LogP contribution >= 0.6 is 11.6 Å². The molecular weight excluding hydrogens is 236 g/mol. The third kappa shape index (κ3) is 2.57. The van der Waals surface area contributed by atoms with Gasteiger partial charge in [0.05, 0.1) is 22.9 Å². The van der Waals surface area contributed by atoms with Crippen LogP contribution in [0, 0.1) is 0 Å². The summed E-state index contributed by atoms with van der Waals surface area (Å²) in [6, 6.07) is 6.40. The van der Waals surface area contributed by atoms with E-state index < -0.39 is 0 Å². The van der Waals surface area contributed by atoms with Crippen LogP contribution in [-0.2, 0) is 11.3 Å². The van der Waals surface area contributed by atoms with Crippen LogP contribution in [0.3, 0.4) is 0 Å². The number of ether oxygens (including phenoxy) is 1. The monoisotopic (exact) mass is 254 g/mol. The van der Waals surface area contributed by atoms with E-state index in [2.05, 4.69) is 18.9 Å². The molecule has 1 aromatic carbocycles. The minimum atomic E-state index is 0.255. The average Bonchev–Trinajstić information content (AvgIpc) is 2.74. The number of anilines is 1. The molecular formula is C13H19ClN2O. The molecule has 0 saturated carbocycles. The Morgan fingerprint density at radius 2 is 2.29 bits per heavy atom. The predicted molar refractivity (Wildman–Crippen MR) is 71.6 cm³/mol. The summed E-state index contributed by atoms with van der Waals surface area (Å²) in [4.78, 5) is 2.21. The molecule has 1 heterocycles. The van der Waals surface area contributed by atoms with Gasteiger partial charge >= 0.3 is 0 Å². The molecule has 0 bridgehead atoms. The molecule has 17 heavy (non-hydrogen) atoms. The van der Waals surface area contributed by atoms with E-state index in [0.29, 0.717) is 12.6 Å². The van der Waals surface area contributed by atoms with E-state index >= 15 is 0 Å². The summed E-state index contributed by atoms with van der Waals surface area (Å²) in [7, 11) is 2.07. The molecule has 1 fully saturated rings. The van der Waals surface area contributed by atoms with Crippen LogP contribution in [0.15, 0.2) is 18.2 Å². The SMILES string of the molecule is CC1OCCC1N(C)c1ccc(CN)cc1Cl. The summed E-state index contributed by atoms with van der Waals surface area (Å²) >= 11 is 6.29. The van der Waals surface area contributed by atoms with Gasteiger partial charge in [0.15, 0.2) is 0 Å². The molecule has 0 radical (unpaired) electrons.